The first kappa shape index (κ1) is 21.4. The van der Waals surface area contributed by atoms with Gasteiger partial charge in [-0.25, -0.2) is 13.8 Å². The summed E-state index contributed by atoms with van der Waals surface area (Å²) >= 11 is 0. The number of Topliss-reactive ketones (excluding diaryl/α,β-unsaturated/α-hetero) is 1. The largest absolute Gasteiger partial charge is 0.378 e. The molecule has 8 nitrogen and oxygen atoms in total. The van der Waals surface area contributed by atoms with Crippen molar-refractivity contribution in [2.75, 3.05) is 36.5 Å². The molecule has 34 heavy (non-hydrogen) atoms. The number of imidazole rings is 1. The minimum absolute atomic E-state index is 0.192. The van der Waals surface area contributed by atoms with Gasteiger partial charge >= 0.3 is 0 Å². The Balaban J connectivity index is 1.40. The zero-order valence-corrected chi connectivity index (χ0v) is 18.7. The predicted octanol–water partition coefficient (Wildman–Crippen LogP) is 3.76. The molecule has 0 amide bonds. The minimum atomic E-state index is -2.75. The number of alkyl halides is 2. The van der Waals surface area contributed by atoms with E-state index < -0.39 is 6.43 Å². The van der Waals surface area contributed by atoms with Crippen LogP contribution in [0.5, 0.6) is 0 Å². The quantitative estimate of drug-likeness (QED) is 0.610. The van der Waals surface area contributed by atoms with Crippen LogP contribution in [0.3, 0.4) is 0 Å². The van der Waals surface area contributed by atoms with Crippen LogP contribution in [0.4, 0.5) is 20.5 Å². The van der Waals surface area contributed by atoms with Crippen molar-refractivity contribution in [1.82, 2.24) is 19.5 Å². The number of ether oxygens (including phenoxy) is 1. The third-order valence-electron chi connectivity index (χ3n) is 7.18. The first-order valence-corrected chi connectivity index (χ1v) is 11.8. The van der Waals surface area contributed by atoms with E-state index >= 15 is 0 Å². The van der Waals surface area contributed by atoms with Gasteiger partial charge in [-0.1, -0.05) is 12.1 Å². The summed E-state index contributed by atoms with van der Waals surface area (Å²) < 4.78 is 34.9. The van der Waals surface area contributed by atoms with Gasteiger partial charge in [0, 0.05) is 38.0 Å². The highest BCUT2D eigenvalue weighted by Crippen LogP contribution is 2.43. The van der Waals surface area contributed by atoms with Crippen molar-refractivity contribution in [2.45, 2.75) is 38.2 Å². The van der Waals surface area contributed by atoms with E-state index in [4.69, 9.17) is 14.7 Å². The first-order valence-electron chi connectivity index (χ1n) is 11.8. The molecule has 0 bridgehead atoms. The molecule has 3 heterocycles. The lowest BCUT2D eigenvalue weighted by molar-refractivity contribution is -0.117. The number of halogens is 2. The van der Waals surface area contributed by atoms with Crippen LogP contribution in [-0.4, -0.2) is 57.6 Å². The zero-order valence-electron chi connectivity index (χ0n) is 18.7. The summed E-state index contributed by atoms with van der Waals surface area (Å²) in [7, 11) is 0. The van der Waals surface area contributed by atoms with Crippen LogP contribution in [-0.2, 0) is 9.53 Å². The molecule has 1 unspecified atom stereocenters. The van der Waals surface area contributed by atoms with E-state index in [-0.39, 0.29) is 11.9 Å². The second-order valence-corrected chi connectivity index (χ2v) is 9.39. The second kappa shape index (κ2) is 8.57. The Morgan fingerprint density at radius 3 is 2.50 bits per heavy atom. The van der Waals surface area contributed by atoms with E-state index in [2.05, 4.69) is 10.3 Å². The molecule has 1 saturated heterocycles. The van der Waals surface area contributed by atoms with Crippen molar-refractivity contribution in [1.29, 1.82) is 0 Å². The molecular formula is C24H26F2N6O2. The van der Waals surface area contributed by atoms with Gasteiger partial charge < -0.3 is 15.0 Å². The molecule has 3 atom stereocenters. The smallest absolute Gasteiger partial charge is 0.296 e. The van der Waals surface area contributed by atoms with E-state index in [0.29, 0.717) is 85.4 Å². The number of ketones is 1. The number of carbonyl (C=O) groups is 1. The molecule has 2 aromatic heterocycles. The molecule has 3 aromatic rings. The molecular weight excluding hydrogens is 442 g/mol. The Bertz CT molecular complexity index is 1210. The molecule has 1 aliphatic heterocycles. The number of hydrogen-bond donors (Lipinski definition) is 1. The van der Waals surface area contributed by atoms with E-state index in [9.17, 15) is 13.6 Å². The third kappa shape index (κ3) is 3.89. The van der Waals surface area contributed by atoms with Gasteiger partial charge in [0.25, 0.3) is 6.43 Å². The van der Waals surface area contributed by atoms with E-state index in [0.717, 1.165) is 12.8 Å². The van der Waals surface area contributed by atoms with Crippen LogP contribution >= 0.6 is 0 Å². The number of carbonyl (C=O) groups excluding carboxylic acids is 1. The summed E-state index contributed by atoms with van der Waals surface area (Å²) in [6, 6.07) is 8.99. The fraction of sp³-hybridized carbons (Fsp3) is 0.500. The number of nitrogens with one attached hydrogen (secondary N) is 1. The molecule has 1 aromatic carbocycles. The summed E-state index contributed by atoms with van der Waals surface area (Å²) in [5.41, 5.74) is 1.07. The van der Waals surface area contributed by atoms with Crippen LogP contribution in [0.25, 0.3) is 16.9 Å². The van der Waals surface area contributed by atoms with Gasteiger partial charge in [0.1, 0.15) is 17.4 Å². The Labute approximate surface area is 195 Å². The Morgan fingerprint density at radius 1 is 1.03 bits per heavy atom. The highest BCUT2D eigenvalue weighted by Gasteiger charge is 2.41. The van der Waals surface area contributed by atoms with Crippen LogP contribution in [0.1, 0.15) is 37.9 Å². The van der Waals surface area contributed by atoms with Gasteiger partial charge in [0.15, 0.2) is 5.82 Å². The Kier molecular flexibility index (Phi) is 5.40. The van der Waals surface area contributed by atoms with Gasteiger partial charge in [-0.15, -0.1) is 0 Å². The summed E-state index contributed by atoms with van der Waals surface area (Å²) in [6.07, 6.45) is 0.403. The number of hydrogen-bond acceptors (Lipinski definition) is 7. The fourth-order valence-electron chi connectivity index (χ4n) is 5.65. The lowest BCUT2D eigenvalue weighted by Gasteiger charge is -2.28. The monoisotopic (exact) mass is 468 g/mol. The van der Waals surface area contributed by atoms with Crippen molar-refractivity contribution in [3.8, 4) is 5.82 Å². The number of aromatic nitrogens is 4. The molecule has 6 rings (SSSR count). The molecule has 0 spiro atoms. The highest BCUT2D eigenvalue weighted by atomic mass is 19.3. The standard InChI is InChI=1S/C24H26F2N6O2/c25-22(26)23-28-18-3-1-2-4-19(18)32(23)21-13-20(29-24(30-21)31-5-7-34-8-6-31)27-16-9-14-11-17(33)12-15(14)10-16/h1-4,13-16,22H,5-12H2,(H,27,29,30)/t14-,15+,16?. The van der Waals surface area contributed by atoms with Crippen LogP contribution in [0.2, 0.25) is 0 Å². The number of rotatable bonds is 5. The van der Waals surface area contributed by atoms with Gasteiger partial charge in [0.2, 0.25) is 5.95 Å². The summed E-state index contributed by atoms with van der Waals surface area (Å²) in [5, 5.41) is 3.52. The minimum Gasteiger partial charge on any atom is -0.378 e. The van der Waals surface area contributed by atoms with E-state index in [1.807, 2.05) is 4.90 Å². The third-order valence-corrected chi connectivity index (χ3v) is 7.18. The van der Waals surface area contributed by atoms with E-state index in [1.165, 1.54) is 4.57 Å². The van der Waals surface area contributed by atoms with Crippen LogP contribution in [0, 0.1) is 11.8 Å². The molecule has 3 fully saturated rings. The van der Waals surface area contributed by atoms with E-state index in [1.54, 1.807) is 30.3 Å². The summed E-state index contributed by atoms with van der Waals surface area (Å²) in [5.74, 6) is 2.31. The maximum absolute atomic E-state index is 14.0. The average Bonchev–Trinajstić information content (AvgIpc) is 3.50. The number of nitrogens with zero attached hydrogens (tertiary/aromatic N) is 5. The van der Waals surface area contributed by atoms with Crippen molar-refractivity contribution in [3.05, 3.63) is 36.2 Å². The maximum atomic E-state index is 14.0. The molecule has 10 heteroatoms. The average molecular weight is 469 g/mol. The summed E-state index contributed by atoms with van der Waals surface area (Å²) in [6.45, 7) is 2.38. The van der Waals surface area contributed by atoms with Crippen LogP contribution < -0.4 is 10.2 Å². The highest BCUT2D eigenvalue weighted by molar-refractivity contribution is 5.81. The van der Waals surface area contributed by atoms with Gasteiger partial charge in [0.05, 0.1) is 24.2 Å². The van der Waals surface area contributed by atoms with Gasteiger partial charge in [-0.3, -0.25) is 9.36 Å². The lowest BCUT2D eigenvalue weighted by atomic mass is 10.0. The number of anilines is 2. The number of para-hydroxylation sites is 2. The molecule has 178 valence electrons. The Morgan fingerprint density at radius 2 is 1.76 bits per heavy atom. The SMILES string of the molecule is O=C1C[C@@H]2CC(Nc3cc(-n4c(C(F)F)nc5ccccc54)nc(N4CCOCC4)n3)C[C@@H]2C1. The first-order chi connectivity index (χ1) is 16.5. The molecule has 2 saturated carbocycles. The molecule has 3 aliphatic rings. The van der Waals surface area contributed by atoms with Crippen molar-refractivity contribution in [2.24, 2.45) is 11.8 Å². The van der Waals surface area contributed by atoms with Gasteiger partial charge in [-0.2, -0.15) is 9.97 Å². The Hall–Kier alpha value is -3.14. The number of benzene rings is 1. The lowest BCUT2D eigenvalue weighted by Crippen LogP contribution is -2.37. The normalized spacial score (nSPS) is 24.9. The molecule has 1 N–H and O–H groups in total. The van der Waals surface area contributed by atoms with Crippen LogP contribution in [0.15, 0.2) is 30.3 Å². The van der Waals surface area contributed by atoms with Gasteiger partial charge in [-0.05, 0) is 36.8 Å². The fourth-order valence-corrected chi connectivity index (χ4v) is 5.65. The van der Waals surface area contributed by atoms with Crippen molar-refractivity contribution >= 4 is 28.6 Å². The topological polar surface area (TPSA) is 85.2 Å². The van der Waals surface area contributed by atoms with Crippen molar-refractivity contribution in [3.63, 3.8) is 0 Å². The second-order valence-electron chi connectivity index (χ2n) is 9.39. The molecule has 0 radical (unpaired) electrons. The van der Waals surface area contributed by atoms with Crippen molar-refractivity contribution < 1.29 is 18.3 Å². The number of morpholine rings is 1. The summed E-state index contributed by atoms with van der Waals surface area (Å²) in [4.78, 5) is 27.4. The maximum Gasteiger partial charge on any atom is 0.296 e. The zero-order chi connectivity index (χ0) is 23.2. The predicted molar refractivity (Wildman–Crippen MR) is 123 cm³/mol. The molecule has 2 aliphatic carbocycles. The number of fused-ring (bicyclic) bond motifs is 2.